The summed E-state index contributed by atoms with van der Waals surface area (Å²) < 4.78 is 45.1. The number of hydrogen-bond acceptors (Lipinski definition) is 3. The number of nitrogens with one attached hydrogen (secondary N) is 1. The van der Waals surface area contributed by atoms with E-state index in [0.717, 1.165) is 25.3 Å². The molecule has 1 aliphatic rings. The summed E-state index contributed by atoms with van der Waals surface area (Å²) in [6.07, 6.45) is 1.52. The molecule has 0 saturated heterocycles. The molecule has 1 aliphatic carbocycles. The molecule has 1 atom stereocenters. The molecule has 0 amide bonds. The monoisotopic (exact) mass is 302 g/mol. The summed E-state index contributed by atoms with van der Waals surface area (Å²) in [5, 5.41) is 3.15. The topological polar surface area (TPSA) is 34.1 Å². The van der Waals surface area contributed by atoms with E-state index in [1.165, 1.54) is 12.4 Å². The predicted octanol–water partition coefficient (Wildman–Crippen LogP) is 3.71. The molecule has 1 heterocycles. The van der Waals surface area contributed by atoms with E-state index in [9.17, 15) is 13.2 Å². The van der Waals surface area contributed by atoms with Gasteiger partial charge in [0.2, 0.25) is 0 Å². The van der Waals surface area contributed by atoms with Crippen LogP contribution in [-0.2, 0) is 10.9 Å². The minimum absolute atomic E-state index is 0.204. The zero-order valence-electron chi connectivity index (χ0n) is 12.3. The first-order valence-corrected chi connectivity index (χ1v) is 7.21. The van der Waals surface area contributed by atoms with E-state index in [1.807, 2.05) is 6.92 Å². The number of hydrogen-bond donors (Lipinski definition) is 1. The molecule has 0 aromatic carbocycles. The molecule has 2 rings (SSSR count). The molecule has 0 bridgehead atoms. The molecule has 1 fully saturated rings. The van der Waals surface area contributed by atoms with E-state index in [4.69, 9.17) is 4.74 Å². The van der Waals surface area contributed by atoms with Gasteiger partial charge in [0.15, 0.2) is 0 Å². The maximum Gasteiger partial charge on any atom is 0.416 e. The lowest BCUT2D eigenvalue weighted by molar-refractivity contribution is -0.139. The average molecular weight is 302 g/mol. The molecule has 1 N–H and O–H groups in total. The van der Waals surface area contributed by atoms with Crippen molar-refractivity contribution in [3.63, 3.8) is 0 Å². The van der Waals surface area contributed by atoms with Gasteiger partial charge >= 0.3 is 6.18 Å². The van der Waals surface area contributed by atoms with Gasteiger partial charge in [-0.15, -0.1) is 0 Å². The van der Waals surface area contributed by atoms with E-state index in [1.54, 1.807) is 7.11 Å². The Hall–Kier alpha value is -1.14. The highest BCUT2D eigenvalue weighted by atomic mass is 19.4. The molecule has 1 saturated carbocycles. The fourth-order valence-electron chi connectivity index (χ4n) is 2.92. The number of methoxy groups -OCH3 is 1. The Bertz CT molecular complexity index is 467. The second-order valence-electron chi connectivity index (χ2n) is 5.52. The van der Waals surface area contributed by atoms with Gasteiger partial charge in [-0.3, -0.25) is 4.98 Å². The second-order valence-corrected chi connectivity index (χ2v) is 5.52. The summed E-state index contributed by atoms with van der Waals surface area (Å²) in [6, 6.07) is 0.639. The molecule has 1 aromatic rings. The lowest BCUT2D eigenvalue weighted by atomic mass is 9.74. The van der Waals surface area contributed by atoms with Crippen molar-refractivity contribution < 1.29 is 17.9 Å². The molecule has 0 aliphatic heterocycles. The number of alkyl halides is 3. The smallest absolute Gasteiger partial charge is 0.378 e. The number of rotatable bonds is 6. The molecule has 21 heavy (non-hydrogen) atoms. The first-order valence-electron chi connectivity index (χ1n) is 7.21. The van der Waals surface area contributed by atoms with Crippen LogP contribution >= 0.6 is 0 Å². The Balaban J connectivity index is 2.30. The quantitative estimate of drug-likeness (QED) is 0.870. The van der Waals surface area contributed by atoms with E-state index in [-0.39, 0.29) is 11.2 Å². The van der Waals surface area contributed by atoms with Crippen molar-refractivity contribution in [3.8, 4) is 0 Å². The van der Waals surface area contributed by atoms with Crippen molar-refractivity contribution >= 4 is 0 Å². The van der Waals surface area contributed by atoms with Crippen LogP contribution in [0.4, 0.5) is 13.2 Å². The van der Waals surface area contributed by atoms with Crippen molar-refractivity contribution in [3.05, 3.63) is 29.6 Å². The van der Waals surface area contributed by atoms with Gasteiger partial charge < -0.3 is 10.1 Å². The van der Waals surface area contributed by atoms with E-state index in [0.29, 0.717) is 13.0 Å². The molecule has 1 aromatic heterocycles. The fraction of sp³-hybridized carbons (Fsp3) is 0.667. The van der Waals surface area contributed by atoms with Crippen molar-refractivity contribution in [2.45, 2.75) is 50.4 Å². The van der Waals surface area contributed by atoms with Crippen molar-refractivity contribution in [2.75, 3.05) is 13.7 Å². The Labute approximate surface area is 122 Å². The zero-order chi connectivity index (χ0) is 15.5. The molecule has 3 nitrogen and oxygen atoms in total. The maximum atomic E-state index is 13.2. The van der Waals surface area contributed by atoms with Crippen LogP contribution in [0.25, 0.3) is 0 Å². The van der Waals surface area contributed by atoms with Crippen molar-refractivity contribution in [2.24, 2.45) is 0 Å². The highest BCUT2D eigenvalue weighted by Gasteiger charge is 2.41. The van der Waals surface area contributed by atoms with Crippen molar-refractivity contribution in [1.29, 1.82) is 0 Å². The van der Waals surface area contributed by atoms with Gasteiger partial charge in [0.25, 0.3) is 0 Å². The number of pyridine rings is 1. The highest BCUT2D eigenvalue weighted by Crippen LogP contribution is 2.43. The number of halogens is 3. The lowest BCUT2D eigenvalue weighted by Gasteiger charge is -2.43. The normalized spacial score (nSPS) is 19.1. The van der Waals surface area contributed by atoms with Crippen LogP contribution in [0, 0.1) is 0 Å². The van der Waals surface area contributed by atoms with Gasteiger partial charge in [0.1, 0.15) is 0 Å². The van der Waals surface area contributed by atoms with Crippen LogP contribution in [0.5, 0.6) is 0 Å². The summed E-state index contributed by atoms with van der Waals surface area (Å²) in [5.41, 5.74) is -0.713. The van der Waals surface area contributed by atoms with Gasteiger partial charge in [-0.1, -0.05) is 6.92 Å². The largest absolute Gasteiger partial charge is 0.416 e. The third-order valence-corrected chi connectivity index (χ3v) is 4.26. The summed E-state index contributed by atoms with van der Waals surface area (Å²) in [4.78, 5) is 3.88. The van der Waals surface area contributed by atoms with E-state index >= 15 is 0 Å². The van der Waals surface area contributed by atoms with Crippen LogP contribution in [0.1, 0.15) is 49.8 Å². The van der Waals surface area contributed by atoms with Crippen LogP contribution in [-0.4, -0.2) is 24.2 Å². The zero-order valence-corrected chi connectivity index (χ0v) is 12.3. The van der Waals surface area contributed by atoms with Gasteiger partial charge in [-0.25, -0.2) is 0 Å². The van der Waals surface area contributed by atoms with Gasteiger partial charge in [-0.05, 0) is 43.9 Å². The molecule has 1 unspecified atom stereocenters. The molecular formula is C15H21F3N2O. The van der Waals surface area contributed by atoms with Crippen LogP contribution in [0.3, 0.4) is 0 Å². The molecular weight excluding hydrogens is 281 g/mol. The molecule has 0 spiro atoms. The number of ether oxygens (including phenoxy) is 1. The Morgan fingerprint density at radius 3 is 2.62 bits per heavy atom. The van der Waals surface area contributed by atoms with E-state index < -0.39 is 17.8 Å². The molecule has 118 valence electrons. The van der Waals surface area contributed by atoms with Gasteiger partial charge in [0.05, 0.1) is 11.2 Å². The summed E-state index contributed by atoms with van der Waals surface area (Å²) >= 11 is 0. The SMILES string of the molecule is CCNC(CC1(OC)CCC1)c1cnccc1C(F)(F)F. The standard InChI is InChI=1S/C15H21F3N2O/c1-3-20-13(9-14(21-2)6-4-7-14)11-10-19-8-5-12(11)15(16,17)18/h5,8,10,13,20H,3-4,6-7,9H2,1-2H3. The Kier molecular flexibility index (Phi) is 4.88. The van der Waals surface area contributed by atoms with Crippen LogP contribution < -0.4 is 5.32 Å². The third-order valence-electron chi connectivity index (χ3n) is 4.26. The first-order chi connectivity index (χ1) is 9.92. The van der Waals surface area contributed by atoms with Gasteiger partial charge in [0, 0.05) is 25.5 Å². The Morgan fingerprint density at radius 1 is 1.43 bits per heavy atom. The second kappa shape index (κ2) is 6.32. The summed E-state index contributed by atoms with van der Waals surface area (Å²) in [6.45, 7) is 2.48. The summed E-state index contributed by atoms with van der Waals surface area (Å²) in [5.74, 6) is 0. The summed E-state index contributed by atoms with van der Waals surface area (Å²) in [7, 11) is 1.63. The average Bonchev–Trinajstić information content (AvgIpc) is 2.41. The minimum Gasteiger partial charge on any atom is -0.378 e. The molecule has 0 radical (unpaired) electrons. The van der Waals surface area contributed by atoms with Crippen molar-refractivity contribution in [1.82, 2.24) is 10.3 Å². The Morgan fingerprint density at radius 2 is 2.14 bits per heavy atom. The number of nitrogens with zero attached hydrogens (tertiary/aromatic N) is 1. The van der Waals surface area contributed by atoms with Crippen LogP contribution in [0.15, 0.2) is 18.5 Å². The highest BCUT2D eigenvalue weighted by molar-refractivity contribution is 5.30. The lowest BCUT2D eigenvalue weighted by Crippen LogP contribution is -2.43. The van der Waals surface area contributed by atoms with Gasteiger partial charge in [-0.2, -0.15) is 13.2 Å². The minimum atomic E-state index is -4.37. The predicted molar refractivity (Wildman–Crippen MR) is 73.9 cm³/mol. The van der Waals surface area contributed by atoms with E-state index in [2.05, 4.69) is 10.3 Å². The number of aromatic nitrogens is 1. The first kappa shape index (κ1) is 16.2. The fourth-order valence-corrected chi connectivity index (χ4v) is 2.92. The maximum absolute atomic E-state index is 13.2. The van der Waals surface area contributed by atoms with Crippen LogP contribution in [0.2, 0.25) is 0 Å². The molecule has 6 heteroatoms. The third kappa shape index (κ3) is 3.55.